The van der Waals surface area contributed by atoms with E-state index in [1.54, 1.807) is 6.92 Å². The van der Waals surface area contributed by atoms with Crippen LogP contribution in [0.1, 0.15) is 19.4 Å². The van der Waals surface area contributed by atoms with Gasteiger partial charge >= 0.3 is 5.97 Å². The molecule has 1 aromatic carbocycles. The average molecular weight is 251 g/mol. The van der Waals surface area contributed by atoms with Gasteiger partial charge in [-0.1, -0.05) is 37.3 Å². The van der Waals surface area contributed by atoms with Crippen molar-refractivity contribution in [3.8, 4) is 0 Å². The van der Waals surface area contributed by atoms with Gasteiger partial charge in [0.15, 0.2) is 0 Å². The van der Waals surface area contributed by atoms with E-state index in [1.165, 1.54) is 0 Å². The zero-order chi connectivity index (χ0) is 13.4. The lowest BCUT2D eigenvalue weighted by Gasteiger charge is -2.13. The van der Waals surface area contributed by atoms with Gasteiger partial charge < -0.3 is 15.2 Å². The highest BCUT2D eigenvalue weighted by Crippen LogP contribution is 2.04. The monoisotopic (exact) mass is 251 g/mol. The molecule has 0 bridgehead atoms. The van der Waals surface area contributed by atoms with E-state index >= 15 is 0 Å². The summed E-state index contributed by atoms with van der Waals surface area (Å²) in [4.78, 5) is 11.7. The SMILES string of the molecule is CC(O)CNCC(C)C(=O)OCc1ccccc1. The second-order valence-electron chi connectivity index (χ2n) is 4.50. The standard InChI is InChI=1S/C14H21NO3/c1-11(8-15-9-12(2)16)14(17)18-10-13-6-4-3-5-7-13/h3-7,11-12,15-16H,8-10H2,1-2H3. The lowest BCUT2D eigenvalue weighted by molar-refractivity contribution is -0.149. The van der Waals surface area contributed by atoms with Gasteiger partial charge in [-0.25, -0.2) is 0 Å². The molecule has 0 saturated heterocycles. The van der Waals surface area contributed by atoms with Crippen LogP contribution in [0, 0.1) is 5.92 Å². The Morgan fingerprint density at radius 3 is 2.56 bits per heavy atom. The number of ether oxygens (including phenoxy) is 1. The molecule has 0 heterocycles. The van der Waals surface area contributed by atoms with E-state index in [0.29, 0.717) is 19.7 Å². The van der Waals surface area contributed by atoms with Gasteiger partial charge in [-0.05, 0) is 12.5 Å². The maximum atomic E-state index is 11.7. The van der Waals surface area contributed by atoms with Crippen molar-refractivity contribution in [3.63, 3.8) is 0 Å². The quantitative estimate of drug-likeness (QED) is 0.718. The Kier molecular flexibility index (Phi) is 6.39. The lowest BCUT2D eigenvalue weighted by Crippen LogP contribution is -2.32. The maximum absolute atomic E-state index is 11.7. The number of rotatable bonds is 7. The third-order valence-electron chi connectivity index (χ3n) is 2.52. The Morgan fingerprint density at radius 2 is 1.94 bits per heavy atom. The van der Waals surface area contributed by atoms with Crippen LogP contribution in [-0.2, 0) is 16.1 Å². The molecule has 2 N–H and O–H groups in total. The van der Waals surface area contributed by atoms with E-state index in [-0.39, 0.29) is 11.9 Å². The third-order valence-corrected chi connectivity index (χ3v) is 2.52. The Labute approximate surface area is 108 Å². The fourth-order valence-electron chi connectivity index (χ4n) is 1.46. The molecule has 0 saturated carbocycles. The van der Waals surface area contributed by atoms with Crippen LogP contribution in [0.4, 0.5) is 0 Å². The van der Waals surface area contributed by atoms with E-state index in [0.717, 1.165) is 5.56 Å². The first-order valence-corrected chi connectivity index (χ1v) is 6.19. The van der Waals surface area contributed by atoms with Crippen LogP contribution in [0.3, 0.4) is 0 Å². The van der Waals surface area contributed by atoms with Gasteiger partial charge in [0.2, 0.25) is 0 Å². The Hall–Kier alpha value is -1.39. The van der Waals surface area contributed by atoms with Crippen LogP contribution >= 0.6 is 0 Å². The van der Waals surface area contributed by atoms with Crippen molar-refractivity contribution in [2.45, 2.75) is 26.6 Å². The zero-order valence-electron chi connectivity index (χ0n) is 10.9. The summed E-state index contributed by atoms with van der Waals surface area (Å²) in [6.07, 6.45) is -0.405. The molecule has 0 radical (unpaired) electrons. The lowest BCUT2D eigenvalue weighted by atomic mass is 10.2. The molecule has 0 aromatic heterocycles. The number of aliphatic hydroxyl groups is 1. The average Bonchev–Trinajstić information content (AvgIpc) is 2.36. The molecule has 0 fully saturated rings. The van der Waals surface area contributed by atoms with E-state index in [2.05, 4.69) is 5.32 Å². The summed E-state index contributed by atoms with van der Waals surface area (Å²) in [6, 6.07) is 9.59. The third kappa shape index (κ3) is 5.80. The first kappa shape index (κ1) is 14.7. The fraction of sp³-hybridized carbons (Fsp3) is 0.500. The maximum Gasteiger partial charge on any atom is 0.310 e. The van der Waals surface area contributed by atoms with Crippen molar-refractivity contribution in [3.05, 3.63) is 35.9 Å². The summed E-state index contributed by atoms with van der Waals surface area (Å²) in [6.45, 7) is 4.81. The molecule has 2 unspecified atom stereocenters. The van der Waals surface area contributed by atoms with Crippen LogP contribution in [-0.4, -0.2) is 30.3 Å². The molecule has 1 rings (SSSR count). The molecule has 0 aliphatic carbocycles. The minimum Gasteiger partial charge on any atom is -0.461 e. The molecule has 1 aromatic rings. The summed E-state index contributed by atoms with van der Waals surface area (Å²) in [5, 5.41) is 12.1. The fourth-order valence-corrected chi connectivity index (χ4v) is 1.46. The Bertz CT molecular complexity index is 351. The van der Waals surface area contributed by atoms with Gasteiger partial charge in [-0.15, -0.1) is 0 Å². The number of hydrogen-bond donors (Lipinski definition) is 2. The number of aliphatic hydroxyl groups excluding tert-OH is 1. The summed E-state index contributed by atoms with van der Waals surface area (Å²) in [7, 11) is 0. The van der Waals surface area contributed by atoms with E-state index < -0.39 is 6.10 Å². The van der Waals surface area contributed by atoms with Crippen LogP contribution in [0.5, 0.6) is 0 Å². The van der Waals surface area contributed by atoms with Crippen LogP contribution in [0.2, 0.25) is 0 Å². The van der Waals surface area contributed by atoms with Gasteiger partial charge in [0, 0.05) is 13.1 Å². The number of benzene rings is 1. The smallest absolute Gasteiger partial charge is 0.310 e. The van der Waals surface area contributed by atoms with Crippen molar-refractivity contribution in [1.82, 2.24) is 5.32 Å². The summed E-state index contributed by atoms with van der Waals surface area (Å²) in [5.74, 6) is -0.440. The molecule has 0 aliphatic rings. The van der Waals surface area contributed by atoms with Crippen molar-refractivity contribution >= 4 is 5.97 Å². The Morgan fingerprint density at radius 1 is 1.28 bits per heavy atom. The van der Waals surface area contributed by atoms with Gasteiger partial charge in [0.25, 0.3) is 0 Å². The van der Waals surface area contributed by atoms with Gasteiger partial charge in [0.05, 0.1) is 12.0 Å². The molecule has 0 spiro atoms. The molecular weight excluding hydrogens is 230 g/mol. The second kappa shape index (κ2) is 7.84. The summed E-state index contributed by atoms with van der Waals surface area (Å²) < 4.78 is 5.21. The number of nitrogens with one attached hydrogen (secondary N) is 1. The molecule has 4 nitrogen and oxygen atoms in total. The molecule has 100 valence electrons. The van der Waals surface area contributed by atoms with Crippen LogP contribution < -0.4 is 5.32 Å². The van der Waals surface area contributed by atoms with Crippen LogP contribution in [0.15, 0.2) is 30.3 Å². The molecule has 0 amide bonds. The second-order valence-corrected chi connectivity index (χ2v) is 4.50. The highest BCUT2D eigenvalue weighted by molar-refractivity contribution is 5.72. The van der Waals surface area contributed by atoms with Crippen molar-refractivity contribution in [2.24, 2.45) is 5.92 Å². The number of esters is 1. The summed E-state index contributed by atoms with van der Waals surface area (Å²) in [5.41, 5.74) is 0.981. The van der Waals surface area contributed by atoms with Crippen LogP contribution in [0.25, 0.3) is 0 Å². The molecule has 4 heteroatoms. The first-order valence-electron chi connectivity index (χ1n) is 6.19. The molecule has 2 atom stereocenters. The summed E-state index contributed by atoms with van der Waals surface area (Å²) >= 11 is 0. The van der Waals surface area contributed by atoms with Crippen molar-refractivity contribution in [2.75, 3.05) is 13.1 Å². The van der Waals surface area contributed by atoms with Crippen molar-refractivity contribution < 1.29 is 14.6 Å². The van der Waals surface area contributed by atoms with Gasteiger partial charge in [-0.2, -0.15) is 0 Å². The highest BCUT2D eigenvalue weighted by atomic mass is 16.5. The highest BCUT2D eigenvalue weighted by Gasteiger charge is 2.14. The predicted molar refractivity (Wildman–Crippen MR) is 70.0 cm³/mol. The molecular formula is C14H21NO3. The minimum absolute atomic E-state index is 0.215. The topological polar surface area (TPSA) is 58.6 Å². The van der Waals surface area contributed by atoms with E-state index in [9.17, 15) is 4.79 Å². The van der Waals surface area contributed by atoms with E-state index in [4.69, 9.17) is 9.84 Å². The van der Waals surface area contributed by atoms with Gasteiger partial charge in [0.1, 0.15) is 6.61 Å². The normalized spacial score (nSPS) is 13.9. The van der Waals surface area contributed by atoms with Crippen molar-refractivity contribution in [1.29, 1.82) is 0 Å². The number of carbonyl (C=O) groups is 1. The first-order chi connectivity index (χ1) is 8.59. The predicted octanol–water partition coefficient (Wildman–Crippen LogP) is 1.34. The Balaban J connectivity index is 2.23. The van der Waals surface area contributed by atoms with Gasteiger partial charge in [-0.3, -0.25) is 4.79 Å². The number of hydrogen-bond acceptors (Lipinski definition) is 4. The molecule has 18 heavy (non-hydrogen) atoms. The minimum atomic E-state index is -0.405. The van der Waals surface area contributed by atoms with E-state index in [1.807, 2.05) is 37.3 Å². The largest absolute Gasteiger partial charge is 0.461 e. The molecule has 0 aliphatic heterocycles. The number of carbonyl (C=O) groups excluding carboxylic acids is 1. The zero-order valence-corrected chi connectivity index (χ0v) is 10.9.